The molecule has 0 N–H and O–H groups in total. The largest absolute Gasteiger partial charge is 0.374 e. The summed E-state index contributed by atoms with van der Waals surface area (Å²) in [6, 6.07) is 0. The fourth-order valence-electron chi connectivity index (χ4n) is 3.08. The van der Waals surface area contributed by atoms with Crippen LogP contribution in [0.15, 0.2) is 0 Å². The quantitative estimate of drug-likeness (QED) is 0.219. The van der Waals surface area contributed by atoms with E-state index in [9.17, 15) is 4.79 Å². The maximum atomic E-state index is 11.4. The van der Waals surface area contributed by atoms with E-state index >= 15 is 0 Å². The highest BCUT2D eigenvalue weighted by Gasteiger charge is 2.25. The molecule has 0 bridgehead atoms. The summed E-state index contributed by atoms with van der Waals surface area (Å²) >= 11 is 0. The molecule has 1 saturated heterocycles. The van der Waals surface area contributed by atoms with Crippen LogP contribution in [-0.2, 0) is 14.3 Å². The van der Waals surface area contributed by atoms with E-state index in [0.29, 0.717) is 6.42 Å². The van der Waals surface area contributed by atoms with Crippen molar-refractivity contribution < 1.29 is 14.3 Å². The van der Waals surface area contributed by atoms with Crippen molar-refractivity contribution in [3.63, 3.8) is 0 Å². The van der Waals surface area contributed by atoms with Crippen molar-refractivity contribution in [3.05, 3.63) is 0 Å². The average Bonchev–Trinajstić information content (AvgIpc) is 3.38. The minimum absolute atomic E-state index is 0.183. The number of carbonyl (C=O) groups excluding carboxylic acids is 1. The number of epoxide rings is 1. The first kappa shape index (κ1) is 21.6. The zero-order valence-corrected chi connectivity index (χ0v) is 16.0. The van der Waals surface area contributed by atoms with E-state index in [4.69, 9.17) is 9.47 Å². The van der Waals surface area contributed by atoms with Gasteiger partial charge in [0.2, 0.25) is 0 Å². The molecule has 0 aromatic heterocycles. The summed E-state index contributed by atoms with van der Waals surface area (Å²) in [5, 5.41) is 0. The molecule has 0 aliphatic carbocycles. The summed E-state index contributed by atoms with van der Waals surface area (Å²) in [5.74, 6) is 0.183. The Morgan fingerprint density at radius 1 is 0.833 bits per heavy atom. The summed E-state index contributed by atoms with van der Waals surface area (Å²) in [4.78, 5) is 11.4. The van der Waals surface area contributed by atoms with Crippen LogP contribution in [0.1, 0.15) is 103 Å². The Hall–Kier alpha value is -0.410. The van der Waals surface area contributed by atoms with Crippen molar-refractivity contribution in [1.29, 1.82) is 0 Å². The third-order valence-electron chi connectivity index (χ3n) is 4.76. The molecule has 1 heterocycles. The van der Waals surface area contributed by atoms with Crippen molar-refractivity contribution in [2.24, 2.45) is 0 Å². The fourth-order valence-corrected chi connectivity index (χ4v) is 3.08. The minimum Gasteiger partial charge on any atom is -0.374 e. The van der Waals surface area contributed by atoms with Crippen LogP contribution in [0.25, 0.3) is 0 Å². The predicted molar refractivity (Wildman–Crippen MR) is 100 cm³/mol. The number of rotatable bonds is 19. The van der Waals surface area contributed by atoms with Crippen LogP contribution in [-0.4, -0.2) is 31.7 Å². The Morgan fingerprint density at radius 2 is 1.29 bits per heavy atom. The molecule has 1 atom stereocenters. The first-order valence-electron chi connectivity index (χ1n) is 10.5. The fraction of sp³-hybridized carbons (Fsp3) is 0.952. The number of ketones is 1. The second kappa shape index (κ2) is 16.1. The SMILES string of the molecule is CCCCCCCCCCCCCCCCOCC(=O)CC1CO1. The van der Waals surface area contributed by atoms with Gasteiger partial charge in [0, 0.05) is 13.0 Å². The van der Waals surface area contributed by atoms with Crippen LogP contribution in [0.3, 0.4) is 0 Å². The Kier molecular flexibility index (Phi) is 14.5. The van der Waals surface area contributed by atoms with Gasteiger partial charge < -0.3 is 9.47 Å². The van der Waals surface area contributed by atoms with Crippen LogP contribution < -0.4 is 0 Å². The Labute approximate surface area is 149 Å². The second-order valence-corrected chi connectivity index (χ2v) is 7.35. The van der Waals surface area contributed by atoms with E-state index in [1.54, 1.807) is 0 Å². The number of hydrogen-bond acceptors (Lipinski definition) is 3. The Bertz CT molecular complexity index is 287. The zero-order valence-electron chi connectivity index (χ0n) is 16.0. The highest BCUT2D eigenvalue weighted by molar-refractivity contribution is 5.80. The van der Waals surface area contributed by atoms with E-state index in [1.807, 2.05) is 0 Å². The van der Waals surface area contributed by atoms with Crippen molar-refractivity contribution in [1.82, 2.24) is 0 Å². The predicted octanol–water partition coefficient (Wildman–Crippen LogP) is 5.84. The maximum absolute atomic E-state index is 11.4. The lowest BCUT2D eigenvalue weighted by Gasteiger charge is -2.04. The van der Waals surface area contributed by atoms with Gasteiger partial charge in [0.1, 0.15) is 6.61 Å². The molecule has 0 radical (unpaired) electrons. The third-order valence-corrected chi connectivity index (χ3v) is 4.76. The topological polar surface area (TPSA) is 38.8 Å². The molecule has 1 aliphatic rings. The first-order chi connectivity index (χ1) is 11.8. The van der Waals surface area contributed by atoms with E-state index in [1.165, 1.54) is 83.5 Å². The summed E-state index contributed by atoms with van der Waals surface area (Å²) in [6.45, 7) is 4.04. The van der Waals surface area contributed by atoms with Gasteiger partial charge in [0.25, 0.3) is 0 Å². The normalized spacial score (nSPS) is 16.5. The number of ether oxygens (including phenoxy) is 2. The van der Waals surface area contributed by atoms with E-state index in [2.05, 4.69) is 6.92 Å². The highest BCUT2D eigenvalue weighted by Crippen LogP contribution is 2.14. The second-order valence-electron chi connectivity index (χ2n) is 7.35. The molecule has 0 amide bonds. The van der Waals surface area contributed by atoms with Gasteiger partial charge >= 0.3 is 0 Å². The van der Waals surface area contributed by atoms with Gasteiger partial charge in [-0.2, -0.15) is 0 Å². The molecular weight excluding hydrogens is 300 g/mol. The van der Waals surface area contributed by atoms with E-state index < -0.39 is 0 Å². The summed E-state index contributed by atoms with van der Waals surface area (Å²) in [6.07, 6.45) is 19.9. The molecule has 1 aliphatic heterocycles. The number of Topliss-reactive ketones (excluding diaryl/α,β-unsaturated/α-hetero) is 1. The Balaban J connectivity index is 1.65. The van der Waals surface area contributed by atoms with Crippen LogP contribution in [0.4, 0.5) is 0 Å². The van der Waals surface area contributed by atoms with Crippen LogP contribution in [0, 0.1) is 0 Å². The van der Waals surface area contributed by atoms with Crippen molar-refractivity contribution >= 4 is 5.78 Å². The molecule has 1 rings (SSSR count). The summed E-state index contributed by atoms with van der Waals surface area (Å²) in [7, 11) is 0. The number of carbonyl (C=O) groups is 1. The molecule has 0 saturated carbocycles. The number of unbranched alkanes of at least 4 members (excludes halogenated alkanes) is 13. The van der Waals surface area contributed by atoms with Gasteiger partial charge in [-0.1, -0.05) is 90.4 Å². The summed E-state index contributed by atoms with van der Waals surface area (Å²) in [5.41, 5.74) is 0. The third kappa shape index (κ3) is 15.1. The van der Waals surface area contributed by atoms with Crippen molar-refractivity contribution in [2.45, 2.75) is 109 Å². The zero-order chi connectivity index (χ0) is 17.3. The molecule has 0 aromatic carbocycles. The molecule has 1 fully saturated rings. The lowest BCUT2D eigenvalue weighted by Crippen LogP contribution is -2.11. The molecule has 0 aromatic rings. The van der Waals surface area contributed by atoms with E-state index in [0.717, 1.165) is 19.6 Å². The van der Waals surface area contributed by atoms with Crippen molar-refractivity contribution in [3.8, 4) is 0 Å². The molecule has 3 nitrogen and oxygen atoms in total. The molecule has 0 spiro atoms. The lowest BCUT2D eigenvalue weighted by molar-refractivity contribution is -0.123. The lowest BCUT2D eigenvalue weighted by atomic mass is 10.0. The van der Waals surface area contributed by atoms with Gasteiger partial charge in [0.05, 0.1) is 12.7 Å². The summed E-state index contributed by atoms with van der Waals surface area (Å²) < 4.78 is 10.5. The Morgan fingerprint density at radius 3 is 1.75 bits per heavy atom. The smallest absolute Gasteiger partial charge is 0.161 e. The molecular formula is C21H40O3. The van der Waals surface area contributed by atoms with Gasteiger partial charge in [-0.25, -0.2) is 0 Å². The maximum Gasteiger partial charge on any atom is 0.161 e. The van der Waals surface area contributed by atoms with E-state index in [-0.39, 0.29) is 18.5 Å². The first-order valence-corrected chi connectivity index (χ1v) is 10.5. The van der Waals surface area contributed by atoms with Crippen LogP contribution >= 0.6 is 0 Å². The van der Waals surface area contributed by atoms with Gasteiger partial charge in [-0.15, -0.1) is 0 Å². The average molecular weight is 341 g/mol. The van der Waals surface area contributed by atoms with Crippen LogP contribution in [0.5, 0.6) is 0 Å². The van der Waals surface area contributed by atoms with Gasteiger partial charge in [-0.05, 0) is 6.42 Å². The monoisotopic (exact) mass is 340 g/mol. The van der Waals surface area contributed by atoms with Crippen molar-refractivity contribution in [2.75, 3.05) is 19.8 Å². The molecule has 1 unspecified atom stereocenters. The molecule has 24 heavy (non-hydrogen) atoms. The van der Waals surface area contributed by atoms with Gasteiger partial charge in [0.15, 0.2) is 5.78 Å². The highest BCUT2D eigenvalue weighted by atomic mass is 16.6. The minimum atomic E-state index is 0.183. The number of hydrogen-bond donors (Lipinski definition) is 0. The molecule has 3 heteroatoms. The molecule has 142 valence electrons. The van der Waals surface area contributed by atoms with Gasteiger partial charge in [-0.3, -0.25) is 4.79 Å². The van der Waals surface area contributed by atoms with Crippen LogP contribution in [0.2, 0.25) is 0 Å². The standard InChI is InChI=1S/C21H40O3/c1-2-3-4-5-6-7-8-9-10-11-12-13-14-15-16-23-18-20(22)17-21-19-24-21/h21H,2-19H2,1H3.